The summed E-state index contributed by atoms with van der Waals surface area (Å²) in [4.78, 5) is 4.66. The van der Waals surface area contributed by atoms with E-state index in [4.69, 9.17) is 25.8 Å². The molecule has 0 radical (unpaired) electrons. The molecule has 212 valence electrons. The highest BCUT2D eigenvalue weighted by Crippen LogP contribution is 2.32. The summed E-state index contributed by atoms with van der Waals surface area (Å²) >= 11 is 6.53. The second-order valence-electron chi connectivity index (χ2n) is 10.9. The zero-order chi connectivity index (χ0) is 26.8. The Bertz CT molecular complexity index is 880. The molecule has 1 fully saturated rings. The molecule has 1 aromatic heterocycles. The van der Waals surface area contributed by atoms with Crippen LogP contribution in [0.4, 0.5) is 0 Å². The Morgan fingerprint density at radius 1 is 0.789 bits per heavy atom. The molecule has 0 N–H and O–H groups in total. The molecule has 38 heavy (non-hydrogen) atoms. The van der Waals surface area contributed by atoms with Crippen LogP contribution in [0.25, 0.3) is 11.3 Å². The molecule has 3 rings (SSSR count). The second-order valence-corrected chi connectivity index (χ2v) is 11.3. The Morgan fingerprint density at radius 3 is 2.03 bits per heavy atom. The molecule has 0 spiro atoms. The molecule has 2 aromatic rings. The molecule has 0 unspecified atom stereocenters. The van der Waals surface area contributed by atoms with Crippen molar-refractivity contribution in [2.75, 3.05) is 19.8 Å². The van der Waals surface area contributed by atoms with Crippen molar-refractivity contribution >= 4 is 11.6 Å². The second kappa shape index (κ2) is 18.6. The van der Waals surface area contributed by atoms with Crippen LogP contribution in [0.15, 0.2) is 36.5 Å². The van der Waals surface area contributed by atoms with Crippen molar-refractivity contribution in [1.29, 1.82) is 0 Å². The van der Waals surface area contributed by atoms with Gasteiger partial charge >= 0.3 is 0 Å². The first kappa shape index (κ1) is 30.9. The van der Waals surface area contributed by atoms with Gasteiger partial charge in [-0.1, -0.05) is 115 Å². The molecular formula is C33H50ClNO3. The lowest BCUT2D eigenvalue weighted by Crippen LogP contribution is -2.27. The summed E-state index contributed by atoms with van der Waals surface area (Å²) in [5.74, 6) is 1.25. The third kappa shape index (κ3) is 11.2. The van der Waals surface area contributed by atoms with Gasteiger partial charge in [0.05, 0.1) is 30.5 Å². The highest BCUT2D eigenvalue weighted by atomic mass is 35.5. The van der Waals surface area contributed by atoms with Crippen LogP contribution in [0.2, 0.25) is 5.02 Å². The summed E-state index contributed by atoms with van der Waals surface area (Å²) in [6.07, 6.45) is 21.0. The van der Waals surface area contributed by atoms with Crippen LogP contribution in [-0.2, 0) is 9.47 Å². The van der Waals surface area contributed by atoms with E-state index in [1.165, 1.54) is 89.9 Å². The lowest BCUT2D eigenvalue weighted by molar-refractivity contribution is -0.206. The van der Waals surface area contributed by atoms with E-state index in [0.29, 0.717) is 17.5 Å². The third-order valence-electron chi connectivity index (χ3n) is 7.47. The topological polar surface area (TPSA) is 40.6 Å². The quantitative estimate of drug-likeness (QED) is 0.165. The van der Waals surface area contributed by atoms with Gasteiger partial charge in [0, 0.05) is 23.2 Å². The molecule has 0 amide bonds. The van der Waals surface area contributed by atoms with Crippen LogP contribution in [0.1, 0.15) is 122 Å². The minimum atomic E-state index is -0.326. The van der Waals surface area contributed by atoms with Crippen molar-refractivity contribution < 1.29 is 14.2 Å². The SMILES string of the molecule is CCCCCCCCCCOc1ccc(-c2ccc([C@H]3OC[C@H](CCCCCCCC)CO3)cn2)cc1Cl. The van der Waals surface area contributed by atoms with Crippen LogP contribution >= 0.6 is 11.6 Å². The Morgan fingerprint density at radius 2 is 1.42 bits per heavy atom. The number of hydrogen-bond donors (Lipinski definition) is 0. The fourth-order valence-electron chi connectivity index (χ4n) is 5.03. The molecule has 1 aromatic carbocycles. The van der Waals surface area contributed by atoms with Crippen molar-refractivity contribution in [3.63, 3.8) is 0 Å². The van der Waals surface area contributed by atoms with Crippen molar-refractivity contribution in [2.24, 2.45) is 5.92 Å². The standard InChI is InChI=1S/C33H50ClNO3/c1-3-5-7-9-11-12-14-16-22-36-32-21-19-28(23-30(32)34)31-20-18-29(24-35-31)33-37-25-27(26-38-33)17-15-13-10-8-6-4-2/h18-21,23-24,27,33H,3-17,22,25-26H2,1-2H3/t27-,33-. The zero-order valence-electron chi connectivity index (χ0n) is 23.9. The van der Waals surface area contributed by atoms with Crippen LogP contribution in [0.3, 0.4) is 0 Å². The molecule has 4 nitrogen and oxygen atoms in total. The van der Waals surface area contributed by atoms with Gasteiger partial charge in [0.15, 0.2) is 6.29 Å². The molecule has 0 atom stereocenters. The molecular weight excluding hydrogens is 494 g/mol. The minimum absolute atomic E-state index is 0.326. The number of benzene rings is 1. The Kier molecular flexibility index (Phi) is 15.2. The van der Waals surface area contributed by atoms with Crippen molar-refractivity contribution in [3.8, 4) is 17.0 Å². The molecule has 1 aliphatic heterocycles. The summed E-state index contributed by atoms with van der Waals surface area (Å²) in [5.41, 5.74) is 2.82. The highest BCUT2D eigenvalue weighted by Gasteiger charge is 2.23. The summed E-state index contributed by atoms with van der Waals surface area (Å²) in [6, 6.07) is 9.97. The van der Waals surface area contributed by atoms with Gasteiger partial charge in [0.25, 0.3) is 0 Å². The van der Waals surface area contributed by atoms with E-state index in [-0.39, 0.29) is 6.29 Å². The van der Waals surface area contributed by atoms with E-state index >= 15 is 0 Å². The van der Waals surface area contributed by atoms with Crippen molar-refractivity contribution in [1.82, 2.24) is 4.98 Å². The predicted molar refractivity (Wildman–Crippen MR) is 159 cm³/mol. The van der Waals surface area contributed by atoms with Gasteiger partial charge in [-0.05, 0) is 37.1 Å². The minimum Gasteiger partial charge on any atom is -0.492 e. The van der Waals surface area contributed by atoms with Crippen LogP contribution < -0.4 is 4.74 Å². The van der Waals surface area contributed by atoms with E-state index in [1.807, 2.05) is 36.5 Å². The number of halogens is 1. The fourth-order valence-corrected chi connectivity index (χ4v) is 5.26. The first-order valence-corrected chi connectivity index (χ1v) is 15.7. The molecule has 1 aliphatic rings. The maximum absolute atomic E-state index is 6.53. The Labute approximate surface area is 236 Å². The number of pyridine rings is 1. The summed E-state index contributed by atoms with van der Waals surface area (Å²) < 4.78 is 18.0. The molecule has 0 saturated carbocycles. The average Bonchev–Trinajstić information content (AvgIpc) is 2.95. The number of aromatic nitrogens is 1. The van der Waals surface area contributed by atoms with Crippen LogP contribution in [0.5, 0.6) is 5.75 Å². The number of nitrogens with zero attached hydrogens (tertiary/aromatic N) is 1. The van der Waals surface area contributed by atoms with Gasteiger partial charge < -0.3 is 14.2 Å². The van der Waals surface area contributed by atoms with Crippen molar-refractivity contribution in [2.45, 2.75) is 116 Å². The highest BCUT2D eigenvalue weighted by molar-refractivity contribution is 6.32. The zero-order valence-corrected chi connectivity index (χ0v) is 24.7. The monoisotopic (exact) mass is 543 g/mol. The maximum Gasteiger partial charge on any atom is 0.185 e. The van der Waals surface area contributed by atoms with Gasteiger partial charge in [0.2, 0.25) is 0 Å². The van der Waals surface area contributed by atoms with E-state index in [9.17, 15) is 0 Å². The molecule has 0 bridgehead atoms. The first-order chi connectivity index (χ1) is 18.7. The average molecular weight is 544 g/mol. The van der Waals surface area contributed by atoms with Gasteiger partial charge in [-0.2, -0.15) is 0 Å². The number of rotatable bonds is 19. The molecule has 5 heteroatoms. The van der Waals surface area contributed by atoms with Gasteiger partial charge in [-0.3, -0.25) is 4.98 Å². The Balaban J connectivity index is 1.36. The predicted octanol–water partition coefficient (Wildman–Crippen LogP) is 10.3. The normalized spacial score (nSPS) is 17.6. The summed E-state index contributed by atoms with van der Waals surface area (Å²) in [5, 5.41) is 0.628. The molecule has 0 aliphatic carbocycles. The van der Waals surface area contributed by atoms with E-state index in [1.54, 1.807) is 0 Å². The lowest BCUT2D eigenvalue weighted by Gasteiger charge is -2.29. The van der Waals surface area contributed by atoms with Gasteiger partial charge in [-0.15, -0.1) is 0 Å². The van der Waals surface area contributed by atoms with Crippen LogP contribution in [0, 0.1) is 5.92 Å². The van der Waals surface area contributed by atoms with E-state index in [0.717, 1.165) is 42.2 Å². The largest absolute Gasteiger partial charge is 0.492 e. The van der Waals surface area contributed by atoms with E-state index in [2.05, 4.69) is 18.8 Å². The number of unbranched alkanes of at least 4 members (excludes halogenated alkanes) is 12. The summed E-state index contributed by atoms with van der Waals surface area (Å²) in [7, 11) is 0. The molecule has 2 heterocycles. The third-order valence-corrected chi connectivity index (χ3v) is 7.77. The van der Waals surface area contributed by atoms with Gasteiger partial charge in [0.1, 0.15) is 5.75 Å². The molecule has 1 saturated heterocycles. The smallest absolute Gasteiger partial charge is 0.185 e. The number of ether oxygens (including phenoxy) is 3. The van der Waals surface area contributed by atoms with E-state index < -0.39 is 0 Å². The van der Waals surface area contributed by atoms with Crippen LogP contribution in [-0.4, -0.2) is 24.8 Å². The first-order valence-electron chi connectivity index (χ1n) is 15.3. The Hall–Kier alpha value is -1.62. The summed E-state index contributed by atoms with van der Waals surface area (Å²) in [6.45, 7) is 6.75. The van der Waals surface area contributed by atoms with Gasteiger partial charge in [-0.25, -0.2) is 0 Å². The number of hydrogen-bond acceptors (Lipinski definition) is 4. The fraction of sp³-hybridized carbons (Fsp3) is 0.667. The van der Waals surface area contributed by atoms with Crippen molar-refractivity contribution in [3.05, 3.63) is 47.1 Å². The maximum atomic E-state index is 6.53. The lowest BCUT2D eigenvalue weighted by atomic mass is 10.0.